The van der Waals surface area contributed by atoms with Gasteiger partial charge in [0.15, 0.2) is 11.5 Å². The van der Waals surface area contributed by atoms with Crippen LogP contribution in [0, 0.1) is 5.82 Å². The van der Waals surface area contributed by atoms with E-state index in [4.69, 9.17) is 14.3 Å². The fourth-order valence-corrected chi connectivity index (χ4v) is 3.01. The Balaban J connectivity index is 2.00. The first-order valence-electron chi connectivity index (χ1n) is 8.31. The minimum absolute atomic E-state index is 0.00315. The number of hydrogen-bond donors (Lipinski definition) is 2. The van der Waals surface area contributed by atoms with Crippen molar-refractivity contribution in [2.75, 3.05) is 26.4 Å². The van der Waals surface area contributed by atoms with Crippen molar-refractivity contribution < 1.29 is 33.3 Å². The zero-order valence-corrected chi connectivity index (χ0v) is 14.3. The number of aliphatic hydroxyl groups excluding tert-OH is 2. The molecule has 142 valence electrons. The summed E-state index contributed by atoms with van der Waals surface area (Å²) in [6, 6.07) is 7.51. The minimum Gasteiger partial charge on any atom is -0.503 e. The molecular weight excluding hydrogens is 357 g/mol. The van der Waals surface area contributed by atoms with Gasteiger partial charge in [-0.3, -0.25) is 9.59 Å². The molecule has 2 N–H and O–H groups in total. The van der Waals surface area contributed by atoms with E-state index < -0.39 is 29.3 Å². The summed E-state index contributed by atoms with van der Waals surface area (Å²) >= 11 is 0. The van der Waals surface area contributed by atoms with Crippen LogP contribution < -0.4 is 0 Å². The van der Waals surface area contributed by atoms with E-state index in [-0.39, 0.29) is 43.3 Å². The van der Waals surface area contributed by atoms with Crippen LogP contribution in [0.25, 0.3) is 0 Å². The molecule has 1 atom stereocenters. The Bertz CT molecular complexity index is 861. The molecule has 1 aliphatic heterocycles. The Labute approximate surface area is 154 Å². The highest BCUT2D eigenvalue weighted by Crippen LogP contribution is 2.39. The van der Waals surface area contributed by atoms with Crippen LogP contribution in [0.1, 0.15) is 22.2 Å². The molecule has 1 aromatic carbocycles. The van der Waals surface area contributed by atoms with Crippen molar-refractivity contribution in [2.24, 2.45) is 0 Å². The number of rotatable bonds is 8. The van der Waals surface area contributed by atoms with Crippen LogP contribution in [0.3, 0.4) is 0 Å². The predicted octanol–water partition coefficient (Wildman–Crippen LogP) is 2.01. The lowest BCUT2D eigenvalue weighted by atomic mass is 9.94. The number of carbonyl (C=O) groups excluding carboxylic acids is 2. The van der Waals surface area contributed by atoms with Gasteiger partial charge in [0.05, 0.1) is 37.7 Å². The number of ketones is 1. The normalized spacial score (nSPS) is 17.0. The van der Waals surface area contributed by atoms with Crippen LogP contribution in [0.2, 0.25) is 0 Å². The number of hydrogen-bond acceptors (Lipinski definition) is 6. The number of amides is 1. The largest absolute Gasteiger partial charge is 0.503 e. The quantitative estimate of drug-likeness (QED) is 0.541. The molecule has 8 heteroatoms. The average Bonchev–Trinajstić information content (AvgIpc) is 3.28. The Hall–Kier alpha value is -2.97. The smallest absolute Gasteiger partial charge is 0.290 e. The van der Waals surface area contributed by atoms with Gasteiger partial charge in [-0.25, -0.2) is 4.39 Å². The fraction of sp³-hybridized carbons (Fsp3) is 0.263. The lowest BCUT2D eigenvalue weighted by Gasteiger charge is -2.26. The number of benzene rings is 1. The molecular formula is C19H18FNO6. The number of nitrogens with zero attached hydrogens (tertiary/aromatic N) is 1. The maximum absolute atomic E-state index is 14.4. The minimum atomic E-state index is -1.12. The van der Waals surface area contributed by atoms with Crippen molar-refractivity contribution in [3.8, 4) is 0 Å². The standard InChI is InChI=1S/C19H18FNO6/c20-13-5-2-1-4-12(13)16-15(17(23)14-6-3-9-27-14)18(24)19(25)21(16)7-10-26-11-8-22/h1-6,9,16,22,24H,7-8,10-11H2. The van der Waals surface area contributed by atoms with Crippen molar-refractivity contribution in [3.05, 3.63) is 71.1 Å². The van der Waals surface area contributed by atoms with Gasteiger partial charge in [0.25, 0.3) is 5.91 Å². The SMILES string of the molecule is O=C(C1=C(O)C(=O)N(CCOCCO)C1c1ccccc1F)c1ccco1. The van der Waals surface area contributed by atoms with Gasteiger partial charge in [0.1, 0.15) is 5.82 Å². The Morgan fingerprint density at radius 1 is 1.22 bits per heavy atom. The number of furan rings is 1. The molecule has 0 fully saturated rings. The summed E-state index contributed by atoms with van der Waals surface area (Å²) < 4.78 is 24.7. The van der Waals surface area contributed by atoms with Crippen LogP contribution in [-0.4, -0.2) is 53.2 Å². The molecule has 1 aromatic heterocycles. The summed E-state index contributed by atoms with van der Waals surface area (Å²) in [6.45, 7) is -0.0655. The molecule has 2 aromatic rings. The van der Waals surface area contributed by atoms with Crippen molar-refractivity contribution in [2.45, 2.75) is 6.04 Å². The topological polar surface area (TPSA) is 100 Å². The molecule has 7 nitrogen and oxygen atoms in total. The predicted molar refractivity (Wildman–Crippen MR) is 91.5 cm³/mol. The summed E-state index contributed by atoms with van der Waals surface area (Å²) in [5.41, 5.74) is -0.172. The molecule has 27 heavy (non-hydrogen) atoms. The van der Waals surface area contributed by atoms with Gasteiger partial charge in [-0.1, -0.05) is 18.2 Å². The number of Topliss-reactive ketones (excluding diaryl/α,β-unsaturated/α-hetero) is 1. The molecule has 0 bridgehead atoms. The van der Waals surface area contributed by atoms with E-state index in [9.17, 15) is 19.1 Å². The summed E-state index contributed by atoms with van der Waals surface area (Å²) in [7, 11) is 0. The molecule has 3 rings (SSSR count). The highest BCUT2D eigenvalue weighted by Gasteiger charge is 2.45. The number of carbonyl (C=O) groups is 2. The summed E-state index contributed by atoms with van der Waals surface area (Å²) in [5, 5.41) is 19.1. The second-order valence-electron chi connectivity index (χ2n) is 5.83. The first-order valence-corrected chi connectivity index (χ1v) is 8.31. The van der Waals surface area contributed by atoms with Gasteiger partial charge in [0.2, 0.25) is 5.78 Å². The third-order valence-corrected chi connectivity index (χ3v) is 4.21. The molecule has 0 saturated carbocycles. The van der Waals surface area contributed by atoms with Gasteiger partial charge in [-0.15, -0.1) is 0 Å². The van der Waals surface area contributed by atoms with Gasteiger partial charge in [-0.05, 0) is 18.2 Å². The van der Waals surface area contributed by atoms with E-state index in [1.165, 1.54) is 41.5 Å². The van der Waals surface area contributed by atoms with Crippen molar-refractivity contribution >= 4 is 11.7 Å². The maximum Gasteiger partial charge on any atom is 0.290 e. The Morgan fingerprint density at radius 3 is 2.67 bits per heavy atom. The highest BCUT2D eigenvalue weighted by atomic mass is 19.1. The summed E-state index contributed by atoms with van der Waals surface area (Å²) in [5.74, 6) is -2.92. The zero-order valence-electron chi connectivity index (χ0n) is 14.3. The summed E-state index contributed by atoms with van der Waals surface area (Å²) in [6.07, 6.45) is 1.29. The van der Waals surface area contributed by atoms with Gasteiger partial charge < -0.3 is 24.3 Å². The summed E-state index contributed by atoms with van der Waals surface area (Å²) in [4.78, 5) is 26.5. The average molecular weight is 375 g/mol. The number of halogens is 1. The lowest BCUT2D eigenvalue weighted by molar-refractivity contribution is -0.130. The molecule has 1 aliphatic rings. The maximum atomic E-state index is 14.4. The Morgan fingerprint density at radius 2 is 2.00 bits per heavy atom. The second-order valence-corrected chi connectivity index (χ2v) is 5.83. The van der Waals surface area contributed by atoms with Crippen molar-refractivity contribution in [1.29, 1.82) is 0 Å². The first-order chi connectivity index (χ1) is 13.1. The third kappa shape index (κ3) is 3.62. The zero-order chi connectivity index (χ0) is 19.4. The van der Waals surface area contributed by atoms with Crippen LogP contribution in [-0.2, 0) is 9.53 Å². The molecule has 0 aliphatic carbocycles. The molecule has 1 amide bonds. The second kappa shape index (κ2) is 8.15. The lowest BCUT2D eigenvalue weighted by Crippen LogP contribution is -2.34. The van der Waals surface area contributed by atoms with Crippen LogP contribution >= 0.6 is 0 Å². The van der Waals surface area contributed by atoms with Gasteiger partial charge in [-0.2, -0.15) is 0 Å². The van der Waals surface area contributed by atoms with Crippen LogP contribution in [0.4, 0.5) is 4.39 Å². The number of aliphatic hydroxyl groups is 2. The van der Waals surface area contributed by atoms with E-state index in [1.54, 1.807) is 6.07 Å². The van der Waals surface area contributed by atoms with E-state index in [0.717, 1.165) is 0 Å². The van der Waals surface area contributed by atoms with Gasteiger partial charge >= 0.3 is 0 Å². The van der Waals surface area contributed by atoms with Crippen molar-refractivity contribution in [3.63, 3.8) is 0 Å². The molecule has 0 saturated heterocycles. The molecule has 0 spiro atoms. The highest BCUT2D eigenvalue weighted by molar-refractivity contribution is 6.15. The molecule has 1 unspecified atom stereocenters. The van der Waals surface area contributed by atoms with E-state index in [0.29, 0.717) is 0 Å². The van der Waals surface area contributed by atoms with E-state index >= 15 is 0 Å². The fourth-order valence-electron chi connectivity index (χ4n) is 3.01. The molecule has 0 radical (unpaired) electrons. The first kappa shape index (κ1) is 18.8. The molecule has 2 heterocycles. The van der Waals surface area contributed by atoms with E-state index in [2.05, 4.69) is 0 Å². The van der Waals surface area contributed by atoms with Crippen LogP contribution in [0.15, 0.2) is 58.4 Å². The number of ether oxygens (including phenoxy) is 1. The van der Waals surface area contributed by atoms with Crippen LogP contribution in [0.5, 0.6) is 0 Å². The van der Waals surface area contributed by atoms with E-state index in [1.807, 2.05) is 0 Å². The van der Waals surface area contributed by atoms with Crippen molar-refractivity contribution in [1.82, 2.24) is 4.90 Å². The third-order valence-electron chi connectivity index (χ3n) is 4.21. The van der Waals surface area contributed by atoms with Gasteiger partial charge in [0, 0.05) is 12.1 Å². The monoisotopic (exact) mass is 375 g/mol. The Kier molecular flexibility index (Phi) is 5.68.